The highest BCUT2D eigenvalue weighted by Gasteiger charge is 2.35. The SMILES string of the molecule is O=C(NCC1(CN2CCOCC2)CCOCC1)c1ccccc1-n1cnnn1. The molecule has 2 aliphatic heterocycles. The largest absolute Gasteiger partial charge is 0.381 e. The first-order chi connectivity index (χ1) is 13.8. The van der Waals surface area contributed by atoms with Gasteiger partial charge in [-0.25, -0.2) is 0 Å². The Bertz CT molecular complexity index is 770. The number of carbonyl (C=O) groups is 1. The molecule has 0 radical (unpaired) electrons. The summed E-state index contributed by atoms with van der Waals surface area (Å²) in [6.45, 7) is 6.49. The van der Waals surface area contributed by atoms with Gasteiger partial charge in [0, 0.05) is 44.8 Å². The monoisotopic (exact) mass is 386 g/mol. The minimum absolute atomic E-state index is 0.0228. The van der Waals surface area contributed by atoms with Gasteiger partial charge in [0.2, 0.25) is 0 Å². The molecule has 0 bridgehead atoms. The zero-order valence-corrected chi connectivity index (χ0v) is 15.9. The second-order valence-electron chi connectivity index (χ2n) is 7.46. The van der Waals surface area contributed by atoms with Crippen LogP contribution < -0.4 is 5.32 Å². The van der Waals surface area contributed by atoms with Crippen LogP contribution in [0.4, 0.5) is 0 Å². The molecule has 150 valence electrons. The number of hydrogen-bond donors (Lipinski definition) is 1. The van der Waals surface area contributed by atoms with Crippen molar-refractivity contribution in [2.75, 3.05) is 52.6 Å². The number of ether oxygens (including phenoxy) is 2. The van der Waals surface area contributed by atoms with Gasteiger partial charge in [0.1, 0.15) is 6.33 Å². The standard InChI is InChI=1S/C19H26N6O3/c26-18(16-3-1-2-4-17(16)25-15-21-22-23-25)20-13-19(5-9-27-10-6-19)14-24-7-11-28-12-8-24/h1-4,15H,5-14H2,(H,20,26). The van der Waals surface area contributed by atoms with Gasteiger partial charge < -0.3 is 14.8 Å². The molecule has 2 saturated heterocycles. The van der Waals surface area contributed by atoms with E-state index in [1.54, 1.807) is 6.07 Å². The van der Waals surface area contributed by atoms with Crippen molar-refractivity contribution < 1.29 is 14.3 Å². The second-order valence-corrected chi connectivity index (χ2v) is 7.46. The van der Waals surface area contributed by atoms with Crippen molar-refractivity contribution >= 4 is 5.91 Å². The predicted molar refractivity (Wildman–Crippen MR) is 101 cm³/mol. The van der Waals surface area contributed by atoms with Gasteiger partial charge in [0.15, 0.2) is 0 Å². The summed E-state index contributed by atoms with van der Waals surface area (Å²) in [6.07, 6.45) is 3.38. The number of carbonyl (C=O) groups excluding carboxylic acids is 1. The van der Waals surface area contributed by atoms with E-state index < -0.39 is 0 Å². The third kappa shape index (κ3) is 4.37. The van der Waals surface area contributed by atoms with Gasteiger partial charge in [-0.3, -0.25) is 9.69 Å². The van der Waals surface area contributed by atoms with Crippen molar-refractivity contribution in [3.63, 3.8) is 0 Å². The lowest BCUT2D eigenvalue weighted by Gasteiger charge is -2.42. The third-order valence-electron chi connectivity index (χ3n) is 5.58. The average Bonchev–Trinajstić information content (AvgIpc) is 3.28. The molecule has 2 aliphatic rings. The van der Waals surface area contributed by atoms with Crippen molar-refractivity contribution in [2.24, 2.45) is 5.41 Å². The predicted octanol–water partition coefficient (Wildman–Crippen LogP) is 0.521. The molecule has 4 rings (SSSR count). The van der Waals surface area contributed by atoms with Crippen LogP contribution in [0, 0.1) is 5.41 Å². The number of amides is 1. The van der Waals surface area contributed by atoms with E-state index in [4.69, 9.17) is 9.47 Å². The maximum Gasteiger partial charge on any atom is 0.253 e. The first-order valence-electron chi connectivity index (χ1n) is 9.74. The topological polar surface area (TPSA) is 94.4 Å². The molecular weight excluding hydrogens is 360 g/mol. The maximum atomic E-state index is 13.0. The Labute approximate surface area is 164 Å². The maximum absolute atomic E-state index is 13.0. The Hall–Kier alpha value is -2.36. The van der Waals surface area contributed by atoms with Crippen molar-refractivity contribution in [1.29, 1.82) is 0 Å². The van der Waals surface area contributed by atoms with Gasteiger partial charge in [-0.1, -0.05) is 12.1 Å². The summed E-state index contributed by atoms with van der Waals surface area (Å²) in [7, 11) is 0. The number of tetrazole rings is 1. The number of para-hydroxylation sites is 1. The van der Waals surface area contributed by atoms with Crippen molar-refractivity contribution in [3.05, 3.63) is 36.2 Å². The number of rotatable bonds is 6. The van der Waals surface area contributed by atoms with E-state index in [2.05, 4.69) is 25.7 Å². The minimum Gasteiger partial charge on any atom is -0.381 e. The summed E-state index contributed by atoms with van der Waals surface area (Å²) in [4.78, 5) is 15.4. The fourth-order valence-corrected chi connectivity index (χ4v) is 3.93. The Morgan fingerprint density at radius 3 is 2.61 bits per heavy atom. The number of aromatic nitrogens is 4. The molecule has 1 aromatic carbocycles. The molecule has 9 nitrogen and oxygen atoms in total. The number of morpholine rings is 1. The molecule has 28 heavy (non-hydrogen) atoms. The highest BCUT2D eigenvalue weighted by Crippen LogP contribution is 2.31. The minimum atomic E-state index is -0.112. The van der Waals surface area contributed by atoms with E-state index in [9.17, 15) is 4.79 Å². The van der Waals surface area contributed by atoms with Crippen molar-refractivity contribution in [3.8, 4) is 5.69 Å². The lowest BCUT2D eigenvalue weighted by atomic mass is 9.79. The zero-order valence-electron chi connectivity index (χ0n) is 15.9. The average molecular weight is 386 g/mol. The Morgan fingerprint density at radius 2 is 1.86 bits per heavy atom. The van der Waals surface area contributed by atoms with E-state index in [-0.39, 0.29) is 11.3 Å². The molecule has 1 N–H and O–H groups in total. The Kier molecular flexibility index (Phi) is 5.94. The summed E-state index contributed by atoms with van der Waals surface area (Å²) in [5.74, 6) is -0.112. The van der Waals surface area contributed by atoms with Crippen LogP contribution in [0.2, 0.25) is 0 Å². The highest BCUT2D eigenvalue weighted by atomic mass is 16.5. The Morgan fingerprint density at radius 1 is 1.11 bits per heavy atom. The molecule has 0 aliphatic carbocycles. The van der Waals surface area contributed by atoms with Crippen LogP contribution in [0.5, 0.6) is 0 Å². The number of hydrogen-bond acceptors (Lipinski definition) is 7. The number of benzene rings is 1. The van der Waals surface area contributed by atoms with E-state index >= 15 is 0 Å². The molecule has 0 atom stereocenters. The van der Waals surface area contributed by atoms with Gasteiger partial charge >= 0.3 is 0 Å². The molecule has 0 spiro atoms. The van der Waals surface area contributed by atoms with E-state index in [1.165, 1.54) is 11.0 Å². The van der Waals surface area contributed by atoms with Gasteiger partial charge in [-0.2, -0.15) is 4.68 Å². The van der Waals surface area contributed by atoms with E-state index in [0.29, 0.717) is 17.8 Å². The van der Waals surface area contributed by atoms with Gasteiger partial charge in [-0.15, -0.1) is 5.10 Å². The normalized spacial score (nSPS) is 20.0. The van der Waals surface area contributed by atoms with Crippen LogP contribution in [-0.2, 0) is 9.47 Å². The van der Waals surface area contributed by atoms with Gasteiger partial charge in [-0.05, 0) is 35.4 Å². The van der Waals surface area contributed by atoms with Crippen LogP contribution in [0.3, 0.4) is 0 Å². The summed E-state index contributed by atoms with van der Waals surface area (Å²) in [5.41, 5.74) is 1.25. The molecular formula is C19H26N6O3. The fourth-order valence-electron chi connectivity index (χ4n) is 3.93. The zero-order chi connectivity index (χ0) is 19.2. The second kappa shape index (κ2) is 8.76. The van der Waals surface area contributed by atoms with Crippen molar-refractivity contribution in [1.82, 2.24) is 30.4 Å². The quantitative estimate of drug-likeness (QED) is 0.773. The van der Waals surface area contributed by atoms with Crippen LogP contribution >= 0.6 is 0 Å². The number of nitrogens with one attached hydrogen (secondary N) is 1. The van der Waals surface area contributed by atoms with Crippen molar-refractivity contribution in [2.45, 2.75) is 12.8 Å². The third-order valence-corrected chi connectivity index (χ3v) is 5.58. The van der Waals surface area contributed by atoms with Crippen LogP contribution in [-0.4, -0.2) is 83.6 Å². The smallest absolute Gasteiger partial charge is 0.253 e. The number of nitrogens with zero attached hydrogens (tertiary/aromatic N) is 5. The molecule has 1 amide bonds. The highest BCUT2D eigenvalue weighted by molar-refractivity contribution is 5.97. The van der Waals surface area contributed by atoms with Gasteiger partial charge in [0.05, 0.1) is 24.5 Å². The lowest BCUT2D eigenvalue weighted by Crippen LogP contribution is -2.50. The first-order valence-corrected chi connectivity index (χ1v) is 9.74. The first kappa shape index (κ1) is 19.0. The molecule has 1 aromatic heterocycles. The molecule has 2 aromatic rings. The summed E-state index contributed by atoms with van der Waals surface area (Å²) in [5, 5.41) is 14.4. The summed E-state index contributed by atoms with van der Waals surface area (Å²) >= 11 is 0. The summed E-state index contributed by atoms with van der Waals surface area (Å²) in [6, 6.07) is 7.35. The Balaban J connectivity index is 1.46. The van der Waals surface area contributed by atoms with Crippen LogP contribution in [0.1, 0.15) is 23.2 Å². The van der Waals surface area contributed by atoms with E-state index in [1.807, 2.05) is 18.2 Å². The summed E-state index contributed by atoms with van der Waals surface area (Å²) < 4.78 is 12.6. The fraction of sp³-hybridized carbons (Fsp3) is 0.579. The van der Waals surface area contributed by atoms with Crippen LogP contribution in [0.25, 0.3) is 5.69 Å². The molecule has 0 unspecified atom stereocenters. The van der Waals surface area contributed by atoms with Crippen LogP contribution in [0.15, 0.2) is 30.6 Å². The molecule has 3 heterocycles. The molecule has 9 heteroatoms. The lowest BCUT2D eigenvalue weighted by molar-refractivity contribution is -0.0283. The molecule has 2 fully saturated rings. The molecule has 0 saturated carbocycles. The van der Waals surface area contributed by atoms with E-state index in [0.717, 1.165) is 58.9 Å². The van der Waals surface area contributed by atoms with Gasteiger partial charge in [0.25, 0.3) is 5.91 Å².